The molecule has 7 nitrogen and oxygen atoms in total. The molecule has 0 fully saturated rings. The Morgan fingerprint density at radius 3 is 2.61 bits per heavy atom. The molecule has 5 rings (SSSR count). The molecule has 0 amide bonds. The zero-order valence-electron chi connectivity index (χ0n) is 19.1. The van der Waals surface area contributed by atoms with Gasteiger partial charge >= 0.3 is 5.97 Å². The van der Waals surface area contributed by atoms with E-state index in [0.717, 1.165) is 46.5 Å². The molecule has 0 N–H and O–H groups in total. The van der Waals surface area contributed by atoms with Gasteiger partial charge < -0.3 is 47.7 Å². The molecule has 33 heavy (non-hydrogen) atoms. The molecule has 0 saturated carbocycles. The summed E-state index contributed by atoms with van der Waals surface area (Å²) in [6, 6.07) is 10.1. The van der Waals surface area contributed by atoms with Gasteiger partial charge in [-0.3, -0.25) is 4.79 Å². The number of rotatable bonds is 4. The maximum atomic E-state index is 12.1. The third-order valence-corrected chi connectivity index (χ3v) is 5.80. The van der Waals surface area contributed by atoms with Gasteiger partial charge in [0.25, 0.3) is 0 Å². The van der Waals surface area contributed by atoms with Crippen LogP contribution in [0.3, 0.4) is 0 Å². The van der Waals surface area contributed by atoms with E-state index in [1.54, 1.807) is 27.9 Å². The minimum Gasteiger partial charge on any atom is -1.00 e. The molecule has 0 atom stereocenters. The van der Waals surface area contributed by atoms with Crippen LogP contribution in [0.25, 0.3) is 22.0 Å². The first kappa shape index (κ1) is 23.4. The molecule has 0 aliphatic carbocycles. The largest absolute Gasteiger partial charge is 1.00 e. The number of hydrogen-bond acceptors (Lipinski definition) is 6. The molecule has 0 spiro atoms. The minimum absolute atomic E-state index is 0. The number of pyridine rings is 1. The Morgan fingerprint density at radius 1 is 1.12 bits per heavy atom. The summed E-state index contributed by atoms with van der Waals surface area (Å²) in [5, 5.41) is 1.89. The molecule has 3 aromatic rings. The van der Waals surface area contributed by atoms with Crippen LogP contribution in [0, 0.1) is 5.41 Å². The summed E-state index contributed by atoms with van der Waals surface area (Å²) >= 11 is 0. The van der Waals surface area contributed by atoms with Crippen LogP contribution < -0.4 is 47.5 Å². The van der Waals surface area contributed by atoms with Crippen molar-refractivity contribution in [3.8, 4) is 34.3 Å². The van der Waals surface area contributed by atoms with Crippen molar-refractivity contribution in [3.05, 3.63) is 42.1 Å². The molecule has 0 bridgehead atoms. The lowest BCUT2D eigenvalue weighted by Gasteiger charge is -2.19. The second kappa shape index (κ2) is 8.89. The van der Waals surface area contributed by atoms with Crippen LogP contribution in [0.4, 0.5) is 0 Å². The molecule has 174 valence electrons. The first-order valence-electron chi connectivity index (χ1n) is 10.6. The molecule has 0 radical (unpaired) electrons. The van der Waals surface area contributed by atoms with Crippen LogP contribution in [0.2, 0.25) is 0 Å². The summed E-state index contributed by atoms with van der Waals surface area (Å²) in [5.74, 6) is 2.40. The molecular weight excluding hydrogens is 537 g/mol. The lowest BCUT2D eigenvalue weighted by atomic mass is 9.95. The average molecular weight is 563 g/mol. The summed E-state index contributed by atoms with van der Waals surface area (Å²) in [7, 11) is 1.60. The summed E-state index contributed by atoms with van der Waals surface area (Å²) in [4.78, 5) is 12.1. The Morgan fingerprint density at radius 2 is 1.88 bits per heavy atom. The van der Waals surface area contributed by atoms with Crippen LogP contribution >= 0.6 is 0 Å². The summed E-state index contributed by atoms with van der Waals surface area (Å²) in [5.41, 5.74) is 2.89. The van der Waals surface area contributed by atoms with Crippen molar-refractivity contribution in [2.24, 2.45) is 5.41 Å². The molecular formula is C25H26INO6. The Balaban J connectivity index is 0.00000259. The van der Waals surface area contributed by atoms with Crippen molar-refractivity contribution in [1.29, 1.82) is 0 Å². The highest BCUT2D eigenvalue weighted by atomic mass is 127. The smallest absolute Gasteiger partial charge is 0.314 e. The predicted octanol–water partition coefficient (Wildman–Crippen LogP) is 1.02. The van der Waals surface area contributed by atoms with Gasteiger partial charge in [-0.1, -0.05) is 0 Å². The number of carbonyl (C=O) groups is 1. The van der Waals surface area contributed by atoms with E-state index >= 15 is 0 Å². The SMILES string of the molecule is COc1ccc2cc3[n+](cc2c1OCOC(=O)C(C)(C)C)CCc1cc2c(cc1-3)OCO2.[I-]. The van der Waals surface area contributed by atoms with Crippen LogP contribution in [-0.4, -0.2) is 26.7 Å². The number of benzene rings is 2. The van der Waals surface area contributed by atoms with E-state index in [-0.39, 0.29) is 43.5 Å². The first-order valence-corrected chi connectivity index (χ1v) is 10.6. The summed E-state index contributed by atoms with van der Waals surface area (Å²) in [6.07, 6.45) is 2.96. The average Bonchev–Trinajstić information content (AvgIpc) is 3.23. The zero-order valence-corrected chi connectivity index (χ0v) is 21.2. The fourth-order valence-electron chi connectivity index (χ4n) is 4.07. The Kier molecular flexibility index (Phi) is 6.30. The second-order valence-electron chi connectivity index (χ2n) is 9.01. The van der Waals surface area contributed by atoms with E-state index in [0.29, 0.717) is 11.5 Å². The third-order valence-electron chi connectivity index (χ3n) is 5.80. The number of fused-ring (bicyclic) bond motifs is 5. The fourth-order valence-corrected chi connectivity index (χ4v) is 4.07. The van der Waals surface area contributed by atoms with Gasteiger partial charge in [0.15, 0.2) is 35.7 Å². The van der Waals surface area contributed by atoms with E-state index in [4.69, 9.17) is 23.7 Å². The zero-order chi connectivity index (χ0) is 22.5. The third kappa shape index (κ3) is 4.28. The van der Waals surface area contributed by atoms with Gasteiger partial charge in [0.1, 0.15) is 0 Å². The van der Waals surface area contributed by atoms with Gasteiger partial charge in [0, 0.05) is 12.5 Å². The fraction of sp³-hybridized carbons (Fsp3) is 0.360. The second-order valence-corrected chi connectivity index (χ2v) is 9.01. The van der Waals surface area contributed by atoms with Crippen molar-refractivity contribution < 1.29 is 57.0 Å². The van der Waals surface area contributed by atoms with E-state index in [1.807, 2.05) is 12.1 Å². The quantitative estimate of drug-likeness (QED) is 0.205. The number of aromatic nitrogens is 1. The maximum Gasteiger partial charge on any atom is 0.314 e. The number of carbonyl (C=O) groups excluding carboxylic acids is 1. The van der Waals surface area contributed by atoms with Crippen molar-refractivity contribution in [2.75, 3.05) is 20.7 Å². The van der Waals surface area contributed by atoms with Gasteiger partial charge in [-0.2, -0.15) is 4.57 Å². The molecule has 0 saturated heterocycles. The van der Waals surface area contributed by atoms with Crippen molar-refractivity contribution >= 4 is 16.7 Å². The van der Waals surface area contributed by atoms with Crippen LogP contribution in [-0.2, 0) is 22.5 Å². The Hall–Kier alpha value is -2.75. The lowest BCUT2D eigenvalue weighted by Crippen LogP contribution is -3.00. The van der Waals surface area contributed by atoms with Crippen molar-refractivity contribution in [3.63, 3.8) is 0 Å². The molecule has 2 aliphatic heterocycles. The standard InChI is InChI=1S/C25H26NO6.HI/c1-25(2,3)24(27)32-14-31-23-18-12-26-8-7-16-10-21-22(30-13-29-21)11-17(16)19(26)9-15(18)5-6-20(23)28-4;/h5-6,9-12H,7-8,13-14H2,1-4H3;1H/q+1;/p-1. The number of hydrogen-bond donors (Lipinski definition) is 0. The number of esters is 1. The first-order chi connectivity index (χ1) is 15.3. The number of methoxy groups -OCH3 is 1. The predicted molar refractivity (Wildman–Crippen MR) is 117 cm³/mol. The van der Waals surface area contributed by atoms with Crippen LogP contribution in [0.15, 0.2) is 36.5 Å². The highest BCUT2D eigenvalue weighted by molar-refractivity contribution is 5.91. The highest BCUT2D eigenvalue weighted by Gasteiger charge is 2.29. The number of halogens is 1. The van der Waals surface area contributed by atoms with E-state index < -0.39 is 5.41 Å². The van der Waals surface area contributed by atoms with Gasteiger partial charge in [-0.25, -0.2) is 0 Å². The van der Waals surface area contributed by atoms with Crippen molar-refractivity contribution in [2.45, 2.75) is 33.7 Å². The minimum atomic E-state index is -0.594. The van der Waals surface area contributed by atoms with E-state index in [1.165, 1.54) is 5.56 Å². The molecule has 3 heterocycles. The lowest BCUT2D eigenvalue weighted by molar-refractivity contribution is -0.686. The Bertz CT molecular complexity index is 1230. The van der Waals surface area contributed by atoms with Crippen LogP contribution in [0.1, 0.15) is 26.3 Å². The van der Waals surface area contributed by atoms with Gasteiger partial charge in [0.2, 0.25) is 19.3 Å². The van der Waals surface area contributed by atoms with E-state index in [9.17, 15) is 4.79 Å². The molecule has 0 unspecified atom stereocenters. The summed E-state index contributed by atoms with van der Waals surface area (Å²) in [6.45, 7) is 6.33. The molecule has 2 aliphatic rings. The molecule has 2 aromatic carbocycles. The maximum absolute atomic E-state index is 12.1. The van der Waals surface area contributed by atoms with Gasteiger partial charge in [-0.15, -0.1) is 0 Å². The number of nitrogens with zero attached hydrogens (tertiary/aromatic N) is 1. The Labute approximate surface area is 209 Å². The van der Waals surface area contributed by atoms with Crippen LogP contribution in [0.5, 0.6) is 23.0 Å². The number of ether oxygens (including phenoxy) is 5. The topological polar surface area (TPSA) is 67.1 Å². The monoisotopic (exact) mass is 563 g/mol. The van der Waals surface area contributed by atoms with Crippen molar-refractivity contribution in [1.82, 2.24) is 0 Å². The van der Waals surface area contributed by atoms with Gasteiger partial charge in [0.05, 0.1) is 23.5 Å². The van der Waals surface area contributed by atoms with Gasteiger partial charge in [-0.05, 0) is 56.0 Å². The molecule has 1 aromatic heterocycles. The summed E-state index contributed by atoms with van der Waals surface area (Å²) < 4.78 is 30.1. The van der Waals surface area contributed by atoms with E-state index in [2.05, 4.69) is 29.0 Å². The normalized spacial score (nSPS) is 13.6. The highest BCUT2D eigenvalue weighted by Crippen LogP contribution is 2.41. The molecule has 8 heteroatoms. The number of aryl methyl sites for hydroxylation is 2.